The molecule has 0 aliphatic carbocycles. The molecule has 0 fully saturated rings. The van der Waals surface area contributed by atoms with Gasteiger partial charge in [0.2, 0.25) is 5.91 Å². The molecule has 1 N–H and O–H groups in total. The highest BCUT2D eigenvalue weighted by Crippen LogP contribution is 2.23. The molecule has 1 amide bonds. The SMILES string of the molecule is C=C/C(Br)=C(/C)N(C)/C(C)=C\C(=C)c1ccccc1C.CC.CCCCNC(=O)C(C)c1ccccc1. The third-order valence-electron chi connectivity index (χ3n) is 5.95. The van der Waals surface area contributed by atoms with Crippen LogP contribution in [0.2, 0.25) is 0 Å². The maximum Gasteiger partial charge on any atom is 0.227 e. The van der Waals surface area contributed by atoms with E-state index in [1.807, 2.05) is 70.3 Å². The number of rotatable bonds is 10. The first-order valence-electron chi connectivity index (χ1n) is 13.1. The van der Waals surface area contributed by atoms with Crippen LogP contribution in [0.25, 0.3) is 5.57 Å². The van der Waals surface area contributed by atoms with Crippen molar-refractivity contribution in [1.29, 1.82) is 0 Å². The van der Waals surface area contributed by atoms with Crippen LogP contribution in [0.3, 0.4) is 0 Å². The fourth-order valence-electron chi connectivity index (χ4n) is 3.37. The summed E-state index contributed by atoms with van der Waals surface area (Å²) in [5.41, 5.74) is 6.77. The van der Waals surface area contributed by atoms with Gasteiger partial charge in [-0.3, -0.25) is 4.79 Å². The van der Waals surface area contributed by atoms with Crippen LogP contribution in [0, 0.1) is 6.92 Å². The van der Waals surface area contributed by atoms with Gasteiger partial charge < -0.3 is 10.2 Å². The van der Waals surface area contributed by atoms with Crippen LogP contribution in [-0.4, -0.2) is 24.4 Å². The lowest BCUT2D eigenvalue weighted by Gasteiger charge is -2.22. The molecular formula is C33H47BrN2O. The maximum atomic E-state index is 11.7. The lowest BCUT2D eigenvalue weighted by Crippen LogP contribution is -2.28. The van der Waals surface area contributed by atoms with Gasteiger partial charge >= 0.3 is 0 Å². The van der Waals surface area contributed by atoms with E-state index in [1.165, 1.54) is 11.1 Å². The second-order valence-electron chi connectivity index (χ2n) is 8.60. The number of hydrogen-bond donors (Lipinski definition) is 1. The minimum Gasteiger partial charge on any atom is -0.356 e. The quantitative estimate of drug-likeness (QED) is 0.229. The van der Waals surface area contributed by atoms with Crippen molar-refractivity contribution in [2.24, 2.45) is 0 Å². The first kappa shape index (κ1) is 34.1. The van der Waals surface area contributed by atoms with Crippen LogP contribution in [0.1, 0.15) is 77.0 Å². The lowest BCUT2D eigenvalue weighted by atomic mass is 10.0. The van der Waals surface area contributed by atoms with Crippen molar-refractivity contribution < 1.29 is 4.79 Å². The summed E-state index contributed by atoms with van der Waals surface area (Å²) in [5.74, 6) is 0.0673. The van der Waals surface area contributed by atoms with Gasteiger partial charge in [0.1, 0.15) is 0 Å². The number of amides is 1. The highest BCUT2D eigenvalue weighted by atomic mass is 79.9. The number of halogens is 1. The molecule has 1 unspecified atom stereocenters. The van der Waals surface area contributed by atoms with E-state index >= 15 is 0 Å². The average Bonchev–Trinajstić information content (AvgIpc) is 2.93. The monoisotopic (exact) mass is 566 g/mol. The molecule has 202 valence electrons. The molecule has 2 aromatic carbocycles. The number of carbonyl (C=O) groups is 1. The Labute approximate surface area is 235 Å². The van der Waals surface area contributed by atoms with Crippen molar-refractivity contribution in [1.82, 2.24) is 10.2 Å². The fraction of sp³-hybridized carbons (Fsp3) is 0.364. The molecule has 2 aromatic rings. The summed E-state index contributed by atoms with van der Waals surface area (Å²) in [4.78, 5) is 13.8. The Bertz CT molecular complexity index is 1040. The topological polar surface area (TPSA) is 32.3 Å². The zero-order valence-corrected chi connectivity index (χ0v) is 25.8. The van der Waals surface area contributed by atoms with Crippen LogP contribution < -0.4 is 5.32 Å². The van der Waals surface area contributed by atoms with Gasteiger partial charge in [-0.2, -0.15) is 0 Å². The van der Waals surface area contributed by atoms with Crippen molar-refractivity contribution in [2.75, 3.05) is 13.6 Å². The minimum atomic E-state index is -0.0527. The largest absolute Gasteiger partial charge is 0.356 e. The highest BCUT2D eigenvalue weighted by molar-refractivity contribution is 9.11. The zero-order valence-electron chi connectivity index (χ0n) is 24.2. The highest BCUT2D eigenvalue weighted by Gasteiger charge is 2.13. The Hall–Kier alpha value is -2.85. The smallest absolute Gasteiger partial charge is 0.227 e. The molecule has 0 bridgehead atoms. The Morgan fingerprint density at radius 3 is 2.19 bits per heavy atom. The van der Waals surface area contributed by atoms with Crippen LogP contribution in [0.5, 0.6) is 0 Å². The number of hydrogen-bond acceptors (Lipinski definition) is 2. The molecule has 1 atom stereocenters. The van der Waals surface area contributed by atoms with E-state index in [4.69, 9.17) is 0 Å². The first-order valence-corrected chi connectivity index (χ1v) is 13.9. The van der Waals surface area contributed by atoms with E-state index in [0.29, 0.717) is 0 Å². The number of aryl methyl sites for hydroxylation is 1. The molecule has 2 rings (SSSR count). The Morgan fingerprint density at radius 1 is 1.08 bits per heavy atom. The molecule has 0 saturated heterocycles. The third kappa shape index (κ3) is 12.3. The molecule has 0 aliphatic heterocycles. The molecular weight excluding hydrogens is 520 g/mol. The maximum absolute atomic E-state index is 11.7. The number of nitrogens with one attached hydrogen (secondary N) is 1. The second-order valence-corrected chi connectivity index (χ2v) is 9.45. The van der Waals surface area contributed by atoms with E-state index in [9.17, 15) is 4.79 Å². The molecule has 0 aromatic heterocycles. The predicted molar refractivity (Wildman–Crippen MR) is 168 cm³/mol. The van der Waals surface area contributed by atoms with Gasteiger partial charge in [-0.15, -0.1) is 0 Å². The summed E-state index contributed by atoms with van der Waals surface area (Å²) in [6.45, 7) is 23.0. The molecule has 4 heteroatoms. The van der Waals surface area contributed by atoms with E-state index < -0.39 is 0 Å². The van der Waals surface area contributed by atoms with Crippen molar-refractivity contribution in [3.05, 3.63) is 112 Å². The van der Waals surface area contributed by atoms with Gasteiger partial charge in [-0.1, -0.05) is 101 Å². The van der Waals surface area contributed by atoms with E-state index in [0.717, 1.165) is 46.4 Å². The summed E-state index contributed by atoms with van der Waals surface area (Å²) < 4.78 is 0.995. The van der Waals surface area contributed by atoms with Crippen molar-refractivity contribution >= 4 is 27.4 Å². The van der Waals surface area contributed by atoms with Gasteiger partial charge in [-0.05, 0) is 78.4 Å². The second kappa shape index (κ2) is 19.3. The predicted octanol–water partition coefficient (Wildman–Crippen LogP) is 9.39. The summed E-state index contributed by atoms with van der Waals surface area (Å²) in [7, 11) is 2.04. The van der Waals surface area contributed by atoms with Crippen LogP contribution in [0.4, 0.5) is 0 Å². The number of allylic oxidation sites excluding steroid dienone is 6. The molecule has 0 radical (unpaired) electrons. The molecule has 37 heavy (non-hydrogen) atoms. The molecule has 0 heterocycles. The van der Waals surface area contributed by atoms with Crippen LogP contribution in [0.15, 0.2) is 95.8 Å². The minimum absolute atomic E-state index is 0.0527. The van der Waals surface area contributed by atoms with Gasteiger partial charge in [0.15, 0.2) is 0 Å². The molecule has 0 saturated carbocycles. The van der Waals surface area contributed by atoms with Crippen molar-refractivity contribution in [2.45, 2.75) is 67.2 Å². The van der Waals surface area contributed by atoms with Crippen LogP contribution in [-0.2, 0) is 4.79 Å². The number of unbranched alkanes of at least 4 members (excludes halogenated alkanes) is 1. The number of benzene rings is 2. The number of nitrogens with zero attached hydrogens (tertiary/aromatic N) is 1. The van der Waals surface area contributed by atoms with Crippen molar-refractivity contribution in [3.8, 4) is 0 Å². The summed E-state index contributed by atoms with van der Waals surface area (Å²) in [6, 6.07) is 18.2. The summed E-state index contributed by atoms with van der Waals surface area (Å²) >= 11 is 3.50. The molecule has 0 spiro atoms. The zero-order chi connectivity index (χ0) is 28.4. The van der Waals surface area contributed by atoms with E-state index in [-0.39, 0.29) is 11.8 Å². The van der Waals surface area contributed by atoms with Crippen LogP contribution >= 0.6 is 15.9 Å². The normalized spacial score (nSPS) is 12.0. The number of carbonyl (C=O) groups excluding carboxylic acids is 1. The molecule has 0 aliphatic rings. The van der Waals surface area contributed by atoms with E-state index in [2.05, 4.69) is 85.2 Å². The Morgan fingerprint density at radius 2 is 1.65 bits per heavy atom. The Kier molecular flexibility index (Phi) is 17.8. The summed E-state index contributed by atoms with van der Waals surface area (Å²) in [6.07, 6.45) is 6.07. The van der Waals surface area contributed by atoms with E-state index in [1.54, 1.807) is 6.08 Å². The van der Waals surface area contributed by atoms with Gasteiger partial charge in [0.05, 0.1) is 5.92 Å². The molecule has 3 nitrogen and oxygen atoms in total. The third-order valence-corrected chi connectivity index (χ3v) is 6.85. The first-order chi connectivity index (χ1) is 17.6. The standard InChI is InChI=1S/C18H22BrN.C13H19NO.C2H6/c1-7-18(19)16(5)20(6)15(4)12-14(3)17-11-9-8-10-13(17)2;1-3-4-10-14-13(15)11(2)12-8-6-5-7-9-12;1-2/h7-12H,1,3H2,2,4-6H3;5-9,11H,3-4,10H2,1-2H3,(H,14,15);1-2H3/b15-12-,18-16+;;. The van der Waals surface area contributed by atoms with Gasteiger partial charge in [0, 0.05) is 29.5 Å². The van der Waals surface area contributed by atoms with Gasteiger partial charge in [0.25, 0.3) is 0 Å². The van der Waals surface area contributed by atoms with Crippen molar-refractivity contribution in [3.63, 3.8) is 0 Å². The Balaban J connectivity index is 0.000000679. The van der Waals surface area contributed by atoms with Gasteiger partial charge in [-0.25, -0.2) is 0 Å². The lowest BCUT2D eigenvalue weighted by molar-refractivity contribution is -0.122. The summed E-state index contributed by atoms with van der Waals surface area (Å²) in [5, 5.41) is 2.94. The average molecular weight is 568 g/mol. The fourth-order valence-corrected chi connectivity index (χ4v) is 3.63.